The lowest BCUT2D eigenvalue weighted by molar-refractivity contribution is -0.137. The summed E-state index contributed by atoms with van der Waals surface area (Å²) in [5.41, 5.74) is 5.51. The van der Waals surface area contributed by atoms with Gasteiger partial charge in [-0.1, -0.05) is 6.92 Å². The standard InChI is InChI=1S/C20H23F3N2O3/c1-10-16-7-14-11(5-12(20(21,22)23)6-15(14)17(26)28-2)9-25(16)18(27)19(10)4-3-13(24)8-19/h5-6,10,13,16H,3-4,7-9,24H2,1-2H3/t10?,13-,16?,19+/m1/s1. The zero-order valence-corrected chi connectivity index (χ0v) is 15.8. The van der Waals surface area contributed by atoms with Gasteiger partial charge in [0, 0.05) is 18.6 Å². The van der Waals surface area contributed by atoms with E-state index in [0.717, 1.165) is 25.7 Å². The maximum Gasteiger partial charge on any atom is 0.416 e. The molecule has 0 aromatic heterocycles. The molecule has 8 heteroatoms. The van der Waals surface area contributed by atoms with Gasteiger partial charge in [-0.2, -0.15) is 13.2 Å². The number of carbonyl (C=O) groups excluding carboxylic acids is 2. The summed E-state index contributed by atoms with van der Waals surface area (Å²) in [4.78, 5) is 27.2. The van der Waals surface area contributed by atoms with E-state index in [0.29, 0.717) is 30.4 Å². The van der Waals surface area contributed by atoms with Gasteiger partial charge in [0.05, 0.1) is 23.7 Å². The Kier molecular flexibility index (Phi) is 4.26. The number of benzene rings is 1. The Labute approximate surface area is 161 Å². The van der Waals surface area contributed by atoms with Crippen LogP contribution in [0.5, 0.6) is 0 Å². The van der Waals surface area contributed by atoms with E-state index in [9.17, 15) is 22.8 Å². The highest BCUT2D eigenvalue weighted by molar-refractivity contribution is 5.92. The number of nitrogens with two attached hydrogens (primary N) is 1. The van der Waals surface area contributed by atoms with Gasteiger partial charge in [0.25, 0.3) is 0 Å². The molecule has 1 amide bonds. The molecule has 1 aromatic rings. The summed E-state index contributed by atoms with van der Waals surface area (Å²) in [5, 5.41) is 0. The molecule has 28 heavy (non-hydrogen) atoms. The van der Waals surface area contributed by atoms with Crippen LogP contribution in [0.1, 0.15) is 53.2 Å². The summed E-state index contributed by atoms with van der Waals surface area (Å²) in [5.74, 6) is -0.777. The number of carbonyl (C=O) groups is 2. The minimum absolute atomic E-state index is 0.0133. The summed E-state index contributed by atoms with van der Waals surface area (Å²) in [6.07, 6.45) is -2.16. The van der Waals surface area contributed by atoms with E-state index in [4.69, 9.17) is 10.5 Å². The number of ether oxygens (including phenoxy) is 1. The van der Waals surface area contributed by atoms with E-state index in [-0.39, 0.29) is 36.0 Å². The molecule has 2 aliphatic heterocycles. The molecule has 5 nitrogen and oxygen atoms in total. The fourth-order valence-electron chi connectivity index (χ4n) is 5.43. The van der Waals surface area contributed by atoms with E-state index in [2.05, 4.69) is 0 Å². The van der Waals surface area contributed by atoms with Crippen molar-refractivity contribution in [2.75, 3.05) is 7.11 Å². The fourth-order valence-corrected chi connectivity index (χ4v) is 5.43. The Morgan fingerprint density at radius 1 is 1.36 bits per heavy atom. The summed E-state index contributed by atoms with van der Waals surface area (Å²) in [7, 11) is 1.15. The lowest BCUT2D eigenvalue weighted by Gasteiger charge is -2.34. The van der Waals surface area contributed by atoms with Crippen LogP contribution in [-0.2, 0) is 28.7 Å². The topological polar surface area (TPSA) is 72.6 Å². The van der Waals surface area contributed by atoms with Crippen molar-refractivity contribution in [1.82, 2.24) is 4.90 Å². The third-order valence-electron chi connectivity index (χ3n) is 6.95. The molecule has 0 radical (unpaired) electrons. The fraction of sp³-hybridized carbons (Fsp3) is 0.600. The van der Waals surface area contributed by atoms with Crippen molar-refractivity contribution in [3.63, 3.8) is 0 Å². The number of rotatable bonds is 1. The number of hydrogen-bond donors (Lipinski definition) is 1. The van der Waals surface area contributed by atoms with E-state index >= 15 is 0 Å². The maximum atomic E-state index is 13.3. The average molecular weight is 396 g/mol. The Bertz CT molecular complexity index is 854. The summed E-state index contributed by atoms with van der Waals surface area (Å²) < 4.78 is 44.8. The number of hydrogen-bond acceptors (Lipinski definition) is 4. The summed E-state index contributed by atoms with van der Waals surface area (Å²) in [6, 6.07) is 1.74. The first kappa shape index (κ1) is 19.2. The van der Waals surface area contributed by atoms with Crippen LogP contribution in [0.3, 0.4) is 0 Å². The predicted molar refractivity (Wildman–Crippen MR) is 94.2 cm³/mol. The number of alkyl halides is 3. The molecule has 4 rings (SSSR count). The van der Waals surface area contributed by atoms with Crippen molar-refractivity contribution in [1.29, 1.82) is 0 Å². The molecule has 2 heterocycles. The molecule has 1 spiro atoms. The third-order valence-corrected chi connectivity index (χ3v) is 6.95. The SMILES string of the molecule is COC(=O)c1cc(C(F)(F)F)cc2c1CC1C(C)[C@@]3(CC[C@@H](N)C3)C(=O)N1C2. The Balaban J connectivity index is 1.79. The Morgan fingerprint density at radius 2 is 2.07 bits per heavy atom. The van der Waals surface area contributed by atoms with E-state index in [1.165, 1.54) is 0 Å². The van der Waals surface area contributed by atoms with Crippen LogP contribution in [0.15, 0.2) is 12.1 Å². The first-order valence-electron chi connectivity index (χ1n) is 9.46. The van der Waals surface area contributed by atoms with Crippen molar-refractivity contribution < 1.29 is 27.5 Å². The largest absolute Gasteiger partial charge is 0.465 e. The number of nitrogens with zero attached hydrogens (tertiary/aromatic N) is 1. The summed E-state index contributed by atoms with van der Waals surface area (Å²) in [6.45, 7) is 2.10. The number of amides is 1. The highest BCUT2D eigenvalue weighted by Crippen LogP contribution is 2.54. The summed E-state index contributed by atoms with van der Waals surface area (Å²) >= 11 is 0. The van der Waals surface area contributed by atoms with E-state index in [1.54, 1.807) is 4.90 Å². The van der Waals surface area contributed by atoms with Gasteiger partial charge in [0.2, 0.25) is 5.91 Å². The maximum absolute atomic E-state index is 13.3. The predicted octanol–water partition coefficient (Wildman–Crippen LogP) is 2.89. The normalized spacial score (nSPS) is 31.9. The zero-order chi connectivity index (χ0) is 20.4. The van der Waals surface area contributed by atoms with Gasteiger partial charge in [0.15, 0.2) is 0 Å². The van der Waals surface area contributed by atoms with Gasteiger partial charge in [-0.3, -0.25) is 4.79 Å². The quantitative estimate of drug-likeness (QED) is 0.741. The molecule has 0 bridgehead atoms. The van der Waals surface area contributed by atoms with Crippen molar-refractivity contribution in [3.8, 4) is 0 Å². The second-order valence-corrected chi connectivity index (χ2v) is 8.30. The first-order chi connectivity index (χ1) is 13.1. The smallest absolute Gasteiger partial charge is 0.416 e. The molecule has 2 fully saturated rings. The number of fused-ring (bicyclic) bond motifs is 2. The van der Waals surface area contributed by atoms with Gasteiger partial charge in [-0.25, -0.2) is 4.79 Å². The van der Waals surface area contributed by atoms with Gasteiger partial charge in [0.1, 0.15) is 0 Å². The molecular weight excluding hydrogens is 373 g/mol. The van der Waals surface area contributed by atoms with Crippen LogP contribution < -0.4 is 5.73 Å². The van der Waals surface area contributed by atoms with Gasteiger partial charge in [-0.05, 0) is 54.9 Å². The zero-order valence-electron chi connectivity index (χ0n) is 15.8. The van der Waals surface area contributed by atoms with Crippen LogP contribution in [-0.4, -0.2) is 36.0 Å². The van der Waals surface area contributed by atoms with Gasteiger partial charge in [-0.15, -0.1) is 0 Å². The van der Waals surface area contributed by atoms with Crippen LogP contribution in [0.4, 0.5) is 13.2 Å². The van der Waals surface area contributed by atoms with Crippen LogP contribution in [0, 0.1) is 11.3 Å². The highest BCUT2D eigenvalue weighted by Gasteiger charge is 2.60. The molecule has 2 N–H and O–H groups in total. The molecule has 152 valence electrons. The molecule has 1 aliphatic carbocycles. The van der Waals surface area contributed by atoms with Crippen molar-refractivity contribution in [2.45, 2.75) is 57.4 Å². The highest BCUT2D eigenvalue weighted by atomic mass is 19.4. The second kappa shape index (κ2) is 6.20. The van der Waals surface area contributed by atoms with Crippen LogP contribution >= 0.6 is 0 Å². The molecule has 1 saturated heterocycles. The van der Waals surface area contributed by atoms with Gasteiger partial charge >= 0.3 is 12.1 Å². The number of esters is 1. The Morgan fingerprint density at radius 3 is 2.64 bits per heavy atom. The van der Waals surface area contributed by atoms with Crippen LogP contribution in [0.2, 0.25) is 0 Å². The first-order valence-corrected chi connectivity index (χ1v) is 9.46. The average Bonchev–Trinajstić information content (AvgIpc) is 3.13. The van der Waals surface area contributed by atoms with Crippen molar-refractivity contribution in [2.24, 2.45) is 17.1 Å². The molecular formula is C20H23F3N2O3. The molecule has 1 aromatic carbocycles. The van der Waals surface area contributed by atoms with Crippen LogP contribution in [0.25, 0.3) is 0 Å². The molecule has 2 unspecified atom stereocenters. The molecule has 3 aliphatic rings. The lowest BCUT2D eigenvalue weighted by Crippen LogP contribution is -2.41. The van der Waals surface area contributed by atoms with Gasteiger partial charge < -0.3 is 15.4 Å². The Hall–Kier alpha value is -2.09. The monoisotopic (exact) mass is 396 g/mol. The van der Waals surface area contributed by atoms with E-state index in [1.807, 2.05) is 6.92 Å². The van der Waals surface area contributed by atoms with Crippen molar-refractivity contribution >= 4 is 11.9 Å². The minimum Gasteiger partial charge on any atom is -0.465 e. The minimum atomic E-state index is -4.59. The van der Waals surface area contributed by atoms with E-state index < -0.39 is 23.1 Å². The lowest BCUT2D eigenvalue weighted by atomic mass is 9.73. The third kappa shape index (κ3) is 2.64. The molecule has 1 saturated carbocycles. The number of halogens is 3. The second-order valence-electron chi connectivity index (χ2n) is 8.30. The van der Waals surface area contributed by atoms with Crippen molar-refractivity contribution in [3.05, 3.63) is 34.4 Å². The number of methoxy groups -OCH3 is 1. The molecule has 4 atom stereocenters.